The average molecular weight is 192 g/mol. The van der Waals surface area contributed by atoms with Crippen molar-refractivity contribution >= 4 is 5.82 Å². The first kappa shape index (κ1) is 9.40. The van der Waals surface area contributed by atoms with Gasteiger partial charge in [-0.2, -0.15) is 0 Å². The summed E-state index contributed by atoms with van der Waals surface area (Å²) in [6.45, 7) is 5.04. The van der Waals surface area contributed by atoms with E-state index in [0.29, 0.717) is 0 Å². The maximum absolute atomic E-state index is 4.32. The molecule has 76 valence electrons. The number of likely N-dealkylation sites (N-methyl/N-ethyl adjacent to an activating group) is 1. The van der Waals surface area contributed by atoms with Gasteiger partial charge in [-0.1, -0.05) is 0 Å². The summed E-state index contributed by atoms with van der Waals surface area (Å²) in [6.07, 6.45) is 2.69. The van der Waals surface area contributed by atoms with Gasteiger partial charge in [0.2, 0.25) is 0 Å². The summed E-state index contributed by atoms with van der Waals surface area (Å²) in [5.41, 5.74) is 2.47. The molecular formula is C10H16N4. The second-order valence-electron chi connectivity index (χ2n) is 3.67. The number of anilines is 1. The van der Waals surface area contributed by atoms with E-state index in [1.807, 2.05) is 0 Å². The first-order valence-corrected chi connectivity index (χ1v) is 5.06. The second-order valence-corrected chi connectivity index (χ2v) is 3.67. The molecule has 14 heavy (non-hydrogen) atoms. The molecule has 0 fully saturated rings. The highest BCUT2D eigenvalue weighted by molar-refractivity contribution is 5.46. The quantitative estimate of drug-likeness (QED) is 0.755. The van der Waals surface area contributed by atoms with Gasteiger partial charge in [0.25, 0.3) is 0 Å². The van der Waals surface area contributed by atoms with Gasteiger partial charge in [0.1, 0.15) is 12.1 Å². The van der Waals surface area contributed by atoms with E-state index in [1.165, 1.54) is 11.3 Å². The molecule has 0 amide bonds. The zero-order chi connectivity index (χ0) is 9.97. The van der Waals surface area contributed by atoms with E-state index < -0.39 is 0 Å². The zero-order valence-electron chi connectivity index (χ0n) is 8.75. The lowest BCUT2D eigenvalue weighted by Gasteiger charge is -2.25. The lowest BCUT2D eigenvalue weighted by atomic mass is 10.1. The standard InChI is InChI=1S/C10H16N4/c1-3-11-10-8-6-14(2)5-4-9(8)12-7-13-10/h7H,3-6H2,1-2H3,(H,11,12,13). The molecule has 0 spiro atoms. The monoisotopic (exact) mass is 192 g/mol. The Bertz CT molecular complexity index is 324. The van der Waals surface area contributed by atoms with Crippen LogP contribution >= 0.6 is 0 Å². The van der Waals surface area contributed by atoms with Crippen molar-refractivity contribution < 1.29 is 0 Å². The third-order valence-electron chi connectivity index (χ3n) is 2.54. The number of hydrogen-bond acceptors (Lipinski definition) is 4. The number of rotatable bonds is 2. The van der Waals surface area contributed by atoms with Gasteiger partial charge in [-0.3, -0.25) is 0 Å². The molecule has 2 rings (SSSR count). The number of nitrogens with zero attached hydrogens (tertiary/aromatic N) is 3. The molecule has 2 heterocycles. The Morgan fingerprint density at radius 2 is 2.36 bits per heavy atom. The van der Waals surface area contributed by atoms with Crippen LogP contribution in [0, 0.1) is 0 Å². The predicted molar refractivity (Wildman–Crippen MR) is 56.2 cm³/mol. The van der Waals surface area contributed by atoms with Crippen molar-refractivity contribution in [3.05, 3.63) is 17.6 Å². The lowest BCUT2D eigenvalue weighted by molar-refractivity contribution is 0.310. The normalized spacial score (nSPS) is 16.4. The van der Waals surface area contributed by atoms with Crippen molar-refractivity contribution in [1.82, 2.24) is 14.9 Å². The fraction of sp³-hybridized carbons (Fsp3) is 0.600. The maximum Gasteiger partial charge on any atom is 0.134 e. The van der Waals surface area contributed by atoms with Crippen LogP contribution in [0.25, 0.3) is 0 Å². The highest BCUT2D eigenvalue weighted by atomic mass is 15.1. The van der Waals surface area contributed by atoms with E-state index >= 15 is 0 Å². The Hall–Kier alpha value is -1.16. The van der Waals surface area contributed by atoms with E-state index in [2.05, 4.69) is 34.2 Å². The molecule has 0 unspecified atom stereocenters. The Morgan fingerprint density at radius 3 is 3.14 bits per heavy atom. The molecule has 0 saturated heterocycles. The molecule has 4 heteroatoms. The largest absolute Gasteiger partial charge is 0.370 e. The van der Waals surface area contributed by atoms with Crippen LogP contribution in [0.15, 0.2) is 6.33 Å². The van der Waals surface area contributed by atoms with Crippen LogP contribution in [-0.2, 0) is 13.0 Å². The molecule has 1 N–H and O–H groups in total. The summed E-state index contributed by atoms with van der Waals surface area (Å²) < 4.78 is 0. The van der Waals surface area contributed by atoms with E-state index in [0.717, 1.165) is 31.9 Å². The fourth-order valence-electron chi connectivity index (χ4n) is 1.80. The van der Waals surface area contributed by atoms with Crippen molar-refractivity contribution in [1.29, 1.82) is 0 Å². The average Bonchev–Trinajstić information content (AvgIpc) is 2.19. The topological polar surface area (TPSA) is 41.1 Å². The van der Waals surface area contributed by atoms with E-state index in [1.54, 1.807) is 6.33 Å². The van der Waals surface area contributed by atoms with Crippen LogP contribution in [0.3, 0.4) is 0 Å². The SMILES string of the molecule is CCNc1ncnc2c1CN(C)CC2. The molecule has 1 aromatic rings. The van der Waals surface area contributed by atoms with Gasteiger partial charge in [0.15, 0.2) is 0 Å². The van der Waals surface area contributed by atoms with Crippen molar-refractivity contribution in [2.45, 2.75) is 19.9 Å². The Morgan fingerprint density at radius 1 is 1.50 bits per heavy atom. The van der Waals surface area contributed by atoms with Gasteiger partial charge in [-0.05, 0) is 14.0 Å². The number of nitrogens with one attached hydrogen (secondary N) is 1. The van der Waals surface area contributed by atoms with Crippen molar-refractivity contribution in [3.8, 4) is 0 Å². The summed E-state index contributed by atoms with van der Waals surface area (Å²) >= 11 is 0. The predicted octanol–water partition coefficient (Wildman–Crippen LogP) is 0.896. The van der Waals surface area contributed by atoms with Crippen LogP contribution < -0.4 is 5.32 Å². The number of hydrogen-bond donors (Lipinski definition) is 1. The molecule has 1 aliphatic heterocycles. The minimum absolute atomic E-state index is 0.910. The summed E-state index contributed by atoms with van der Waals surface area (Å²) in [7, 11) is 2.13. The van der Waals surface area contributed by atoms with Crippen LogP contribution in [0.4, 0.5) is 5.82 Å². The van der Waals surface area contributed by atoms with Crippen LogP contribution in [0.1, 0.15) is 18.2 Å². The molecule has 1 aromatic heterocycles. The molecular weight excluding hydrogens is 176 g/mol. The Kier molecular flexibility index (Phi) is 2.63. The van der Waals surface area contributed by atoms with E-state index in [9.17, 15) is 0 Å². The van der Waals surface area contributed by atoms with Crippen molar-refractivity contribution in [3.63, 3.8) is 0 Å². The molecule has 0 saturated carbocycles. The third-order valence-corrected chi connectivity index (χ3v) is 2.54. The summed E-state index contributed by atoms with van der Waals surface area (Å²) in [4.78, 5) is 10.9. The Labute approximate surface area is 84.4 Å². The lowest BCUT2D eigenvalue weighted by Crippen LogP contribution is -2.28. The van der Waals surface area contributed by atoms with Gasteiger partial charge in [0, 0.05) is 31.6 Å². The molecule has 0 atom stereocenters. The van der Waals surface area contributed by atoms with Crippen molar-refractivity contribution in [2.24, 2.45) is 0 Å². The summed E-state index contributed by atoms with van der Waals surface area (Å²) in [6, 6.07) is 0. The van der Waals surface area contributed by atoms with Gasteiger partial charge in [-0.15, -0.1) is 0 Å². The summed E-state index contributed by atoms with van der Waals surface area (Å²) in [5, 5.41) is 3.28. The minimum Gasteiger partial charge on any atom is -0.370 e. The second kappa shape index (κ2) is 3.92. The van der Waals surface area contributed by atoms with Gasteiger partial charge < -0.3 is 10.2 Å². The minimum atomic E-state index is 0.910. The van der Waals surface area contributed by atoms with E-state index in [-0.39, 0.29) is 0 Å². The maximum atomic E-state index is 4.32. The van der Waals surface area contributed by atoms with Gasteiger partial charge >= 0.3 is 0 Å². The highest BCUT2D eigenvalue weighted by Gasteiger charge is 2.17. The van der Waals surface area contributed by atoms with Gasteiger partial charge in [-0.25, -0.2) is 9.97 Å². The number of fused-ring (bicyclic) bond motifs is 1. The van der Waals surface area contributed by atoms with Crippen molar-refractivity contribution in [2.75, 3.05) is 25.5 Å². The number of aromatic nitrogens is 2. The third kappa shape index (κ3) is 1.70. The first-order valence-electron chi connectivity index (χ1n) is 5.06. The highest BCUT2D eigenvalue weighted by Crippen LogP contribution is 2.21. The summed E-state index contributed by atoms with van der Waals surface area (Å²) in [5.74, 6) is 1.00. The molecule has 0 radical (unpaired) electrons. The van der Waals surface area contributed by atoms with Crippen LogP contribution in [-0.4, -0.2) is 35.0 Å². The first-order chi connectivity index (χ1) is 6.81. The fourth-order valence-corrected chi connectivity index (χ4v) is 1.80. The Balaban J connectivity index is 2.33. The van der Waals surface area contributed by atoms with Crippen LogP contribution in [0.2, 0.25) is 0 Å². The smallest absolute Gasteiger partial charge is 0.134 e. The molecule has 0 bridgehead atoms. The molecule has 1 aliphatic rings. The molecule has 4 nitrogen and oxygen atoms in total. The zero-order valence-corrected chi connectivity index (χ0v) is 8.75. The molecule has 0 aromatic carbocycles. The van der Waals surface area contributed by atoms with Crippen LogP contribution in [0.5, 0.6) is 0 Å². The molecule has 0 aliphatic carbocycles. The van der Waals surface area contributed by atoms with E-state index in [4.69, 9.17) is 0 Å². The van der Waals surface area contributed by atoms with Gasteiger partial charge in [0.05, 0.1) is 5.69 Å².